The first kappa shape index (κ1) is 12.9. The van der Waals surface area contributed by atoms with Crippen molar-refractivity contribution in [2.75, 3.05) is 6.61 Å². The van der Waals surface area contributed by atoms with Gasteiger partial charge in [0.15, 0.2) is 0 Å². The van der Waals surface area contributed by atoms with Crippen LogP contribution in [0.15, 0.2) is 0 Å². The molecule has 0 saturated heterocycles. The molecule has 0 aromatic heterocycles. The highest BCUT2D eigenvalue weighted by atomic mass is 35.5. The largest absolute Gasteiger partial charge is 0.301 e. The smallest absolute Gasteiger partial charge is 0.240 e. The molecule has 0 aliphatic carbocycles. The van der Waals surface area contributed by atoms with Gasteiger partial charge in [0.05, 0.1) is 6.61 Å². The summed E-state index contributed by atoms with van der Waals surface area (Å²) in [5.41, 5.74) is 2.58. The molecule has 1 unspecified atom stereocenters. The molecule has 0 fully saturated rings. The van der Waals surface area contributed by atoms with Crippen LogP contribution in [0, 0.1) is 0 Å². The lowest BCUT2D eigenvalue weighted by Gasteiger charge is -2.08. The van der Waals surface area contributed by atoms with Gasteiger partial charge in [0, 0.05) is 0 Å². The summed E-state index contributed by atoms with van der Waals surface area (Å²) in [4.78, 5) is 15.6. The van der Waals surface area contributed by atoms with E-state index in [0.717, 1.165) is 6.42 Å². The van der Waals surface area contributed by atoms with Crippen molar-refractivity contribution in [3.8, 4) is 0 Å². The molecule has 0 radical (unpaired) electrons. The number of hydrogen-bond donors (Lipinski definition) is 1. The molecule has 4 heteroatoms. The predicted molar refractivity (Wildman–Crippen MR) is 53.6 cm³/mol. The first-order valence-electron chi connectivity index (χ1n) is 4.75. The topological polar surface area (TPSA) is 38.3 Å². The van der Waals surface area contributed by atoms with Gasteiger partial charge in [-0.3, -0.25) is 4.79 Å². The van der Waals surface area contributed by atoms with Gasteiger partial charge in [0.1, 0.15) is 6.04 Å². The van der Waals surface area contributed by atoms with Gasteiger partial charge in [-0.2, -0.15) is 5.48 Å². The lowest BCUT2D eigenvalue weighted by molar-refractivity contribution is -0.117. The van der Waals surface area contributed by atoms with Gasteiger partial charge in [0.2, 0.25) is 5.24 Å². The van der Waals surface area contributed by atoms with Gasteiger partial charge in [-0.1, -0.05) is 26.2 Å². The average molecular weight is 208 g/mol. The van der Waals surface area contributed by atoms with Gasteiger partial charge in [-0.05, 0) is 24.9 Å². The van der Waals surface area contributed by atoms with Crippen LogP contribution in [0.1, 0.15) is 39.5 Å². The maximum Gasteiger partial charge on any atom is 0.240 e. The van der Waals surface area contributed by atoms with Crippen LogP contribution in [-0.2, 0) is 9.63 Å². The Labute approximate surface area is 84.7 Å². The maximum absolute atomic E-state index is 10.5. The monoisotopic (exact) mass is 207 g/mol. The Balaban J connectivity index is 3.11. The van der Waals surface area contributed by atoms with E-state index >= 15 is 0 Å². The second-order valence-corrected chi connectivity index (χ2v) is 3.43. The van der Waals surface area contributed by atoms with Crippen molar-refractivity contribution in [1.29, 1.82) is 0 Å². The Bertz CT molecular complexity index is 142. The van der Waals surface area contributed by atoms with E-state index in [1.807, 2.05) is 0 Å². The van der Waals surface area contributed by atoms with Gasteiger partial charge in [0.25, 0.3) is 0 Å². The number of carbonyl (C=O) groups excluding carboxylic acids is 1. The zero-order valence-electron chi connectivity index (χ0n) is 8.31. The Morgan fingerprint density at radius 3 is 2.69 bits per heavy atom. The van der Waals surface area contributed by atoms with Gasteiger partial charge in [-0.15, -0.1) is 0 Å². The fourth-order valence-corrected chi connectivity index (χ4v) is 0.876. The van der Waals surface area contributed by atoms with Crippen LogP contribution in [0.5, 0.6) is 0 Å². The highest BCUT2D eigenvalue weighted by Gasteiger charge is 2.07. The fraction of sp³-hybridized carbons (Fsp3) is 0.889. The summed E-state index contributed by atoms with van der Waals surface area (Å²) >= 11 is 5.21. The van der Waals surface area contributed by atoms with Gasteiger partial charge in [-0.25, -0.2) is 0 Å². The summed E-state index contributed by atoms with van der Waals surface area (Å²) in [7, 11) is 0. The quantitative estimate of drug-likeness (QED) is 0.377. The molecular weight excluding hydrogens is 190 g/mol. The van der Waals surface area contributed by atoms with Crippen molar-refractivity contribution < 1.29 is 9.63 Å². The standard InChI is InChI=1S/C9H18ClNO2/c1-3-4-5-6-7-13-11-8(2)9(10)12/h8,11H,3-7H2,1-2H3. The second-order valence-electron chi connectivity index (χ2n) is 3.05. The van der Waals surface area contributed by atoms with Crippen LogP contribution in [0.3, 0.4) is 0 Å². The van der Waals surface area contributed by atoms with Crippen LogP contribution in [0.25, 0.3) is 0 Å². The van der Waals surface area contributed by atoms with Crippen molar-refractivity contribution in [1.82, 2.24) is 5.48 Å². The summed E-state index contributed by atoms with van der Waals surface area (Å²) in [6, 6.07) is -0.423. The number of rotatable bonds is 8. The number of unbranched alkanes of at least 4 members (excludes halogenated alkanes) is 3. The first-order chi connectivity index (χ1) is 6.18. The van der Waals surface area contributed by atoms with E-state index < -0.39 is 11.3 Å². The van der Waals surface area contributed by atoms with E-state index in [0.29, 0.717) is 6.61 Å². The van der Waals surface area contributed by atoms with E-state index in [4.69, 9.17) is 16.4 Å². The molecule has 13 heavy (non-hydrogen) atoms. The van der Waals surface area contributed by atoms with E-state index in [1.165, 1.54) is 19.3 Å². The molecule has 0 heterocycles. The fourth-order valence-electron chi connectivity index (χ4n) is 0.831. The lowest BCUT2D eigenvalue weighted by atomic mass is 10.2. The molecule has 0 aliphatic heterocycles. The Kier molecular flexibility index (Phi) is 8.40. The van der Waals surface area contributed by atoms with Crippen molar-refractivity contribution in [2.45, 2.75) is 45.6 Å². The summed E-state index contributed by atoms with van der Waals surface area (Å²) in [5.74, 6) is 0. The number of carbonyl (C=O) groups is 1. The van der Waals surface area contributed by atoms with E-state index in [2.05, 4.69) is 12.4 Å². The molecular formula is C9H18ClNO2. The highest BCUT2D eigenvalue weighted by Crippen LogP contribution is 1.98. The van der Waals surface area contributed by atoms with Crippen molar-refractivity contribution in [3.05, 3.63) is 0 Å². The van der Waals surface area contributed by atoms with Crippen LogP contribution in [-0.4, -0.2) is 17.9 Å². The average Bonchev–Trinajstić information content (AvgIpc) is 2.10. The molecule has 0 amide bonds. The van der Waals surface area contributed by atoms with Gasteiger partial charge < -0.3 is 4.84 Å². The number of hydrogen-bond acceptors (Lipinski definition) is 3. The van der Waals surface area contributed by atoms with E-state index in [9.17, 15) is 4.79 Å². The number of hydroxylamine groups is 1. The summed E-state index contributed by atoms with van der Waals surface area (Å²) < 4.78 is 0. The van der Waals surface area contributed by atoms with Crippen molar-refractivity contribution in [2.24, 2.45) is 0 Å². The van der Waals surface area contributed by atoms with E-state index in [1.54, 1.807) is 6.92 Å². The minimum atomic E-state index is -0.423. The minimum absolute atomic E-state index is 0.423. The Morgan fingerprint density at radius 1 is 1.46 bits per heavy atom. The molecule has 0 rings (SSSR count). The molecule has 0 spiro atoms. The first-order valence-corrected chi connectivity index (χ1v) is 5.13. The molecule has 0 saturated carbocycles. The highest BCUT2D eigenvalue weighted by molar-refractivity contribution is 6.64. The third-order valence-corrected chi connectivity index (χ3v) is 2.03. The summed E-state index contributed by atoms with van der Waals surface area (Å²) in [5, 5.41) is -0.423. The molecule has 0 aliphatic rings. The molecule has 78 valence electrons. The van der Waals surface area contributed by atoms with Crippen molar-refractivity contribution >= 4 is 16.8 Å². The predicted octanol–water partition coefficient (Wildman–Crippen LogP) is 2.24. The molecule has 3 nitrogen and oxygen atoms in total. The minimum Gasteiger partial charge on any atom is -0.301 e. The number of halogens is 1. The Morgan fingerprint density at radius 2 is 2.15 bits per heavy atom. The second kappa shape index (κ2) is 8.48. The lowest BCUT2D eigenvalue weighted by Crippen LogP contribution is -2.31. The normalized spacial score (nSPS) is 12.8. The van der Waals surface area contributed by atoms with E-state index in [-0.39, 0.29) is 0 Å². The zero-order valence-corrected chi connectivity index (χ0v) is 9.06. The van der Waals surface area contributed by atoms with Crippen LogP contribution < -0.4 is 5.48 Å². The third kappa shape index (κ3) is 8.22. The molecule has 1 N–H and O–H groups in total. The summed E-state index contributed by atoms with van der Waals surface area (Å²) in [6.07, 6.45) is 4.63. The molecule has 0 aromatic carbocycles. The maximum atomic E-state index is 10.5. The van der Waals surface area contributed by atoms with Crippen LogP contribution in [0.4, 0.5) is 0 Å². The Hall–Kier alpha value is -0.120. The van der Waals surface area contributed by atoms with Crippen LogP contribution >= 0.6 is 11.6 Å². The summed E-state index contributed by atoms with van der Waals surface area (Å²) in [6.45, 7) is 4.46. The van der Waals surface area contributed by atoms with Gasteiger partial charge >= 0.3 is 0 Å². The zero-order chi connectivity index (χ0) is 10.1. The molecule has 0 bridgehead atoms. The molecule has 1 atom stereocenters. The third-order valence-electron chi connectivity index (χ3n) is 1.70. The SMILES string of the molecule is CCCCCCONC(C)C(=O)Cl. The van der Waals surface area contributed by atoms with Crippen LogP contribution in [0.2, 0.25) is 0 Å². The molecule has 0 aromatic rings. The van der Waals surface area contributed by atoms with Crippen molar-refractivity contribution in [3.63, 3.8) is 0 Å². The number of nitrogens with one attached hydrogen (secondary N) is 1.